The number of carboxylic acid groups (broad SMARTS) is 1. The maximum Gasteiger partial charge on any atom is 0.343 e. The first-order valence-electron chi connectivity index (χ1n) is 7.70. The summed E-state index contributed by atoms with van der Waals surface area (Å²) in [7, 11) is 0. The molecule has 1 aliphatic heterocycles. The van der Waals surface area contributed by atoms with Crippen LogP contribution in [0.2, 0.25) is 0 Å². The molecule has 1 heterocycles. The second kappa shape index (κ2) is 6.32. The molecule has 0 saturated carbocycles. The van der Waals surface area contributed by atoms with Crippen LogP contribution in [-0.4, -0.2) is 22.8 Å². The Morgan fingerprint density at radius 2 is 1.92 bits per heavy atom. The molecule has 0 unspecified atom stereocenters. The van der Waals surface area contributed by atoms with E-state index in [1.54, 1.807) is 30.0 Å². The highest BCUT2D eigenvalue weighted by molar-refractivity contribution is 7.99. The van der Waals surface area contributed by atoms with Crippen LogP contribution in [0.4, 0.5) is 0 Å². The first-order valence-corrected chi connectivity index (χ1v) is 8.69. The summed E-state index contributed by atoms with van der Waals surface area (Å²) in [6.45, 7) is 4.33. The number of benzene rings is 2. The van der Waals surface area contributed by atoms with Gasteiger partial charge in [0.25, 0.3) is 0 Å². The van der Waals surface area contributed by atoms with Crippen LogP contribution in [-0.2, 0) is 5.41 Å². The van der Waals surface area contributed by atoms with Gasteiger partial charge in [-0.15, -0.1) is 11.8 Å². The number of esters is 1. The van der Waals surface area contributed by atoms with Gasteiger partial charge in [-0.3, -0.25) is 0 Å². The molecule has 4 nitrogen and oxygen atoms in total. The van der Waals surface area contributed by atoms with E-state index < -0.39 is 11.9 Å². The fraction of sp³-hybridized carbons (Fsp3) is 0.263. The number of carbonyl (C=O) groups is 2. The zero-order valence-corrected chi connectivity index (χ0v) is 14.4. The zero-order valence-electron chi connectivity index (χ0n) is 13.5. The molecule has 0 aliphatic carbocycles. The molecule has 124 valence electrons. The van der Waals surface area contributed by atoms with Gasteiger partial charge in [-0.25, -0.2) is 9.59 Å². The Labute approximate surface area is 144 Å². The Hall–Kier alpha value is -2.27. The Bertz CT molecular complexity index is 811. The van der Waals surface area contributed by atoms with E-state index in [4.69, 9.17) is 4.74 Å². The highest BCUT2D eigenvalue weighted by atomic mass is 32.2. The Morgan fingerprint density at radius 3 is 2.67 bits per heavy atom. The number of para-hydroxylation sites is 1. The molecule has 3 rings (SSSR count). The second-order valence-corrected chi connectivity index (χ2v) is 7.52. The van der Waals surface area contributed by atoms with Gasteiger partial charge in [-0.1, -0.05) is 26.0 Å². The van der Waals surface area contributed by atoms with E-state index in [1.165, 1.54) is 17.0 Å². The van der Waals surface area contributed by atoms with Gasteiger partial charge in [0.05, 0.1) is 5.56 Å². The largest absolute Gasteiger partial charge is 0.478 e. The first-order chi connectivity index (χ1) is 11.4. The van der Waals surface area contributed by atoms with Crippen LogP contribution in [0.25, 0.3) is 0 Å². The van der Waals surface area contributed by atoms with Gasteiger partial charge >= 0.3 is 11.9 Å². The van der Waals surface area contributed by atoms with Gasteiger partial charge in [0.2, 0.25) is 0 Å². The molecule has 0 spiro atoms. The van der Waals surface area contributed by atoms with Gasteiger partial charge in [0, 0.05) is 4.90 Å². The second-order valence-electron chi connectivity index (χ2n) is 6.38. The summed E-state index contributed by atoms with van der Waals surface area (Å²) < 4.78 is 5.33. The molecule has 2 aromatic rings. The summed E-state index contributed by atoms with van der Waals surface area (Å²) >= 11 is 1.79. The first kappa shape index (κ1) is 16.6. The van der Waals surface area contributed by atoms with E-state index in [0.29, 0.717) is 5.56 Å². The van der Waals surface area contributed by atoms with Crippen molar-refractivity contribution in [2.24, 2.45) is 0 Å². The minimum atomic E-state index is -1.12. The fourth-order valence-electron chi connectivity index (χ4n) is 2.75. The van der Waals surface area contributed by atoms with Crippen molar-refractivity contribution in [1.29, 1.82) is 0 Å². The normalized spacial score (nSPS) is 15.4. The minimum absolute atomic E-state index is 0.00977. The lowest BCUT2D eigenvalue weighted by Gasteiger charge is -2.32. The van der Waals surface area contributed by atoms with Crippen LogP contribution < -0.4 is 4.74 Å². The summed E-state index contributed by atoms with van der Waals surface area (Å²) in [6.07, 6.45) is 1.05. The van der Waals surface area contributed by atoms with Crippen LogP contribution in [0.5, 0.6) is 5.75 Å². The quantitative estimate of drug-likeness (QED) is 0.662. The molecule has 1 aliphatic rings. The third-order valence-electron chi connectivity index (χ3n) is 4.25. The summed E-state index contributed by atoms with van der Waals surface area (Å²) in [5.41, 5.74) is 1.56. The van der Waals surface area contributed by atoms with E-state index >= 15 is 0 Å². The molecule has 0 radical (unpaired) electrons. The Morgan fingerprint density at radius 1 is 1.17 bits per heavy atom. The number of carboxylic acids is 1. The fourth-order valence-corrected chi connectivity index (χ4v) is 4.24. The predicted octanol–water partition coefficient (Wildman–Crippen LogP) is 4.38. The Kier molecular flexibility index (Phi) is 4.37. The van der Waals surface area contributed by atoms with E-state index in [-0.39, 0.29) is 16.7 Å². The van der Waals surface area contributed by atoms with Crippen LogP contribution in [0.3, 0.4) is 0 Å². The SMILES string of the molecule is CC1(C)CCSc2ccc(C(=O)Oc3ccccc3C(=O)O)cc21. The minimum Gasteiger partial charge on any atom is -0.478 e. The maximum atomic E-state index is 12.5. The zero-order chi connectivity index (χ0) is 17.3. The molecule has 24 heavy (non-hydrogen) atoms. The topological polar surface area (TPSA) is 63.6 Å². The van der Waals surface area contributed by atoms with Crippen molar-refractivity contribution in [1.82, 2.24) is 0 Å². The predicted molar refractivity (Wildman–Crippen MR) is 93.2 cm³/mol. The third kappa shape index (κ3) is 3.17. The summed E-state index contributed by atoms with van der Waals surface area (Å²) in [6, 6.07) is 11.7. The van der Waals surface area contributed by atoms with Crippen molar-refractivity contribution >= 4 is 23.7 Å². The van der Waals surface area contributed by atoms with Crippen molar-refractivity contribution in [2.45, 2.75) is 30.6 Å². The van der Waals surface area contributed by atoms with Crippen molar-refractivity contribution in [3.05, 3.63) is 59.2 Å². The molecule has 0 bridgehead atoms. The lowest BCUT2D eigenvalue weighted by atomic mass is 9.81. The van der Waals surface area contributed by atoms with Gasteiger partial charge in [0.15, 0.2) is 0 Å². The summed E-state index contributed by atoms with van der Waals surface area (Å²) in [4.78, 5) is 24.9. The molecule has 0 saturated heterocycles. The standard InChI is InChI=1S/C19H18O4S/c1-19(2)9-10-24-16-8-7-12(11-14(16)19)18(22)23-15-6-4-3-5-13(15)17(20)21/h3-8,11H,9-10H2,1-2H3,(H,20,21). The van der Waals surface area contributed by atoms with E-state index in [2.05, 4.69) is 13.8 Å². The number of thioether (sulfide) groups is 1. The third-order valence-corrected chi connectivity index (χ3v) is 5.32. The highest BCUT2D eigenvalue weighted by Gasteiger charge is 2.29. The number of aromatic carboxylic acids is 1. The average molecular weight is 342 g/mol. The number of hydrogen-bond donors (Lipinski definition) is 1. The summed E-state index contributed by atoms with van der Waals surface area (Å²) in [5.74, 6) is -0.545. The molecule has 0 amide bonds. The molecular formula is C19H18O4S. The van der Waals surface area contributed by atoms with Gasteiger partial charge in [-0.2, -0.15) is 0 Å². The summed E-state index contributed by atoms with van der Waals surface area (Å²) in [5, 5.41) is 9.18. The van der Waals surface area contributed by atoms with Crippen molar-refractivity contribution in [3.63, 3.8) is 0 Å². The molecule has 5 heteroatoms. The number of rotatable bonds is 3. The molecule has 0 aromatic heterocycles. The average Bonchev–Trinajstić information content (AvgIpc) is 2.54. The van der Waals surface area contributed by atoms with Gasteiger partial charge in [0.1, 0.15) is 11.3 Å². The highest BCUT2D eigenvalue weighted by Crippen LogP contribution is 2.41. The number of hydrogen-bond acceptors (Lipinski definition) is 4. The van der Waals surface area contributed by atoms with Crippen molar-refractivity contribution < 1.29 is 19.4 Å². The van der Waals surface area contributed by atoms with E-state index in [0.717, 1.165) is 17.7 Å². The van der Waals surface area contributed by atoms with Crippen LogP contribution in [0.15, 0.2) is 47.4 Å². The molecule has 1 N–H and O–H groups in total. The lowest BCUT2D eigenvalue weighted by molar-refractivity contribution is 0.0681. The van der Waals surface area contributed by atoms with Crippen molar-refractivity contribution in [2.75, 3.05) is 5.75 Å². The van der Waals surface area contributed by atoms with Gasteiger partial charge < -0.3 is 9.84 Å². The monoisotopic (exact) mass is 342 g/mol. The van der Waals surface area contributed by atoms with Crippen LogP contribution in [0, 0.1) is 0 Å². The number of ether oxygens (including phenoxy) is 1. The van der Waals surface area contributed by atoms with Crippen molar-refractivity contribution in [3.8, 4) is 5.75 Å². The maximum absolute atomic E-state index is 12.5. The molecule has 0 fully saturated rings. The van der Waals surface area contributed by atoms with E-state index in [1.807, 2.05) is 12.1 Å². The van der Waals surface area contributed by atoms with Crippen LogP contribution in [0.1, 0.15) is 46.5 Å². The lowest BCUT2D eigenvalue weighted by Crippen LogP contribution is -2.23. The molecular weight excluding hydrogens is 324 g/mol. The molecule has 2 aromatic carbocycles. The number of carbonyl (C=O) groups excluding carboxylic acids is 1. The number of fused-ring (bicyclic) bond motifs is 1. The van der Waals surface area contributed by atoms with Crippen LogP contribution >= 0.6 is 11.8 Å². The van der Waals surface area contributed by atoms with E-state index in [9.17, 15) is 14.7 Å². The molecule has 0 atom stereocenters. The van der Waals surface area contributed by atoms with Gasteiger partial charge in [-0.05, 0) is 53.5 Å². The smallest absolute Gasteiger partial charge is 0.343 e. The Balaban J connectivity index is 1.91.